The molecule has 3 aromatic heterocycles. The van der Waals surface area contributed by atoms with Crippen molar-refractivity contribution in [3.8, 4) is 22.6 Å². The predicted molar refractivity (Wildman–Crippen MR) is 124 cm³/mol. The highest BCUT2D eigenvalue weighted by atomic mass is 16.3. The van der Waals surface area contributed by atoms with Gasteiger partial charge in [0.25, 0.3) is 0 Å². The van der Waals surface area contributed by atoms with Crippen molar-refractivity contribution < 1.29 is 5.11 Å². The van der Waals surface area contributed by atoms with Crippen LogP contribution >= 0.6 is 0 Å². The molecule has 3 heterocycles. The van der Waals surface area contributed by atoms with Gasteiger partial charge in [0, 0.05) is 29.2 Å². The molecule has 5 rings (SSSR count). The highest BCUT2D eigenvalue weighted by Crippen LogP contribution is 2.32. The first-order chi connectivity index (χ1) is 16.2. The van der Waals surface area contributed by atoms with Crippen molar-refractivity contribution in [1.82, 2.24) is 34.7 Å². The molecule has 0 spiro atoms. The summed E-state index contributed by atoms with van der Waals surface area (Å²) in [6, 6.07) is 11.6. The van der Waals surface area contributed by atoms with Crippen LogP contribution in [0, 0.1) is 0 Å². The van der Waals surface area contributed by atoms with Crippen LogP contribution in [0.3, 0.4) is 0 Å². The number of tetrazole rings is 1. The first-order valence-corrected chi connectivity index (χ1v) is 11.4. The molecule has 2 N–H and O–H groups in total. The van der Waals surface area contributed by atoms with E-state index in [0.29, 0.717) is 12.4 Å². The predicted octanol–water partition coefficient (Wildman–Crippen LogP) is 2.98. The quantitative estimate of drug-likeness (QED) is 0.431. The van der Waals surface area contributed by atoms with E-state index in [1.54, 1.807) is 4.57 Å². The third-order valence-electron chi connectivity index (χ3n) is 6.39. The van der Waals surface area contributed by atoms with Crippen LogP contribution in [0.15, 0.2) is 53.6 Å². The largest absolute Gasteiger partial charge is 0.391 e. The van der Waals surface area contributed by atoms with Crippen molar-refractivity contribution in [2.24, 2.45) is 0 Å². The fourth-order valence-corrected chi connectivity index (χ4v) is 4.34. The highest BCUT2D eigenvalue weighted by molar-refractivity contribution is 5.78. The number of nitrogens with one attached hydrogen (secondary N) is 1. The third-order valence-corrected chi connectivity index (χ3v) is 6.39. The highest BCUT2D eigenvalue weighted by Gasteiger charge is 2.32. The molecule has 1 aliphatic rings. The van der Waals surface area contributed by atoms with Crippen molar-refractivity contribution in [2.45, 2.75) is 57.7 Å². The molecule has 1 fully saturated rings. The van der Waals surface area contributed by atoms with Gasteiger partial charge >= 0.3 is 5.69 Å². The number of unbranched alkanes of at least 4 members (excludes halogenated alkanes) is 1. The molecule has 0 bridgehead atoms. The summed E-state index contributed by atoms with van der Waals surface area (Å²) in [5.74, 6) is 0.517. The maximum absolute atomic E-state index is 13.2. The summed E-state index contributed by atoms with van der Waals surface area (Å²) in [5.41, 5.74) is 4.45. The number of aliphatic hydroxyl groups is 1. The smallest absolute Gasteiger partial charge is 0.329 e. The van der Waals surface area contributed by atoms with Crippen LogP contribution in [0.1, 0.15) is 49.9 Å². The van der Waals surface area contributed by atoms with Crippen molar-refractivity contribution >= 4 is 0 Å². The molecule has 0 radical (unpaired) electrons. The Morgan fingerprint density at radius 2 is 2.00 bits per heavy atom. The maximum atomic E-state index is 13.2. The number of hydrogen-bond donors (Lipinski definition) is 2. The second-order valence-corrected chi connectivity index (χ2v) is 8.54. The van der Waals surface area contributed by atoms with Gasteiger partial charge in [0.1, 0.15) is 0 Å². The molecule has 2 atom stereocenters. The Bertz CT molecular complexity index is 1280. The van der Waals surface area contributed by atoms with E-state index in [9.17, 15) is 9.90 Å². The van der Waals surface area contributed by atoms with Gasteiger partial charge in [0.05, 0.1) is 24.4 Å². The SMILES string of the molecule is CCCCc1cn(C2CCC2O)c(=O)n1Cc1ccc(-c2ccccc2-c2nn[nH]n2)nc1. The standard InChI is InChI=1S/C24H27N7O2/c1-2-3-6-17-15-31(21-11-12-22(21)32)24(33)30(17)14-16-9-10-20(25-13-16)18-7-4-5-8-19(18)23-26-28-29-27-23/h4-5,7-10,13,15,21-22,32H,2-3,6,11-12,14H2,1H3,(H,26,27,28,29). The molecule has 33 heavy (non-hydrogen) atoms. The molecule has 1 saturated carbocycles. The van der Waals surface area contributed by atoms with Crippen LogP contribution in [0.5, 0.6) is 0 Å². The fourth-order valence-electron chi connectivity index (χ4n) is 4.34. The van der Waals surface area contributed by atoms with E-state index < -0.39 is 6.10 Å². The minimum atomic E-state index is -0.433. The van der Waals surface area contributed by atoms with Crippen molar-refractivity contribution in [3.63, 3.8) is 0 Å². The van der Waals surface area contributed by atoms with Crippen molar-refractivity contribution in [3.05, 3.63) is 70.5 Å². The first-order valence-electron chi connectivity index (χ1n) is 11.4. The molecule has 0 aliphatic heterocycles. The van der Waals surface area contributed by atoms with E-state index in [1.165, 1.54) is 0 Å². The number of aryl methyl sites for hydroxylation is 1. The Morgan fingerprint density at radius 3 is 2.64 bits per heavy atom. The summed E-state index contributed by atoms with van der Waals surface area (Å²) in [4.78, 5) is 17.8. The lowest BCUT2D eigenvalue weighted by Crippen LogP contribution is -2.39. The molecule has 4 aromatic rings. The summed E-state index contributed by atoms with van der Waals surface area (Å²) < 4.78 is 3.55. The molecule has 1 aliphatic carbocycles. The zero-order valence-corrected chi connectivity index (χ0v) is 18.6. The number of aliphatic hydroxyl groups excluding tert-OH is 1. The van der Waals surface area contributed by atoms with E-state index in [0.717, 1.165) is 60.2 Å². The molecule has 1 aromatic carbocycles. The fraction of sp³-hybridized carbons (Fsp3) is 0.375. The number of benzene rings is 1. The normalized spacial score (nSPS) is 17.8. The van der Waals surface area contributed by atoms with Gasteiger partial charge in [-0.3, -0.25) is 14.1 Å². The van der Waals surface area contributed by atoms with E-state index in [4.69, 9.17) is 0 Å². The van der Waals surface area contributed by atoms with Crippen LogP contribution in [0.4, 0.5) is 0 Å². The number of hydrogen-bond acceptors (Lipinski definition) is 6. The molecule has 9 nitrogen and oxygen atoms in total. The van der Waals surface area contributed by atoms with Gasteiger partial charge in [-0.05, 0) is 42.5 Å². The number of imidazole rings is 1. The molecule has 0 amide bonds. The topological polar surface area (TPSA) is 115 Å². The number of nitrogens with zero attached hydrogens (tertiary/aromatic N) is 6. The van der Waals surface area contributed by atoms with Crippen molar-refractivity contribution in [1.29, 1.82) is 0 Å². The number of aromatic nitrogens is 7. The van der Waals surface area contributed by atoms with E-state index in [-0.39, 0.29) is 11.7 Å². The van der Waals surface area contributed by atoms with Crippen LogP contribution in [-0.4, -0.2) is 46.0 Å². The summed E-state index contributed by atoms with van der Waals surface area (Å²) in [6.07, 6.45) is 7.82. The minimum absolute atomic E-state index is 0.0589. The average molecular weight is 446 g/mol. The minimum Gasteiger partial charge on any atom is -0.391 e. The van der Waals surface area contributed by atoms with Gasteiger partial charge in [-0.15, -0.1) is 10.2 Å². The first kappa shape index (κ1) is 21.3. The summed E-state index contributed by atoms with van der Waals surface area (Å²) in [5, 5.41) is 24.4. The molecule has 9 heteroatoms. The van der Waals surface area contributed by atoms with Gasteiger partial charge < -0.3 is 5.11 Å². The molecular weight excluding hydrogens is 418 g/mol. The van der Waals surface area contributed by atoms with Crippen LogP contribution < -0.4 is 5.69 Å². The lowest BCUT2D eigenvalue weighted by Gasteiger charge is -2.32. The lowest BCUT2D eigenvalue weighted by atomic mass is 9.89. The average Bonchev–Trinajstić information content (AvgIpc) is 3.47. The Hall–Kier alpha value is -3.59. The number of rotatable bonds is 8. The summed E-state index contributed by atoms with van der Waals surface area (Å²) >= 11 is 0. The second kappa shape index (κ2) is 9.11. The molecular formula is C24H27N7O2. The van der Waals surface area contributed by atoms with E-state index in [1.807, 2.05) is 53.4 Å². The van der Waals surface area contributed by atoms with Gasteiger partial charge in [0.2, 0.25) is 5.82 Å². The molecule has 0 saturated heterocycles. The van der Waals surface area contributed by atoms with Gasteiger partial charge in [0.15, 0.2) is 0 Å². The number of H-pyrrole nitrogens is 1. The Morgan fingerprint density at radius 1 is 1.15 bits per heavy atom. The van der Waals surface area contributed by atoms with E-state index in [2.05, 4.69) is 32.5 Å². The van der Waals surface area contributed by atoms with Crippen LogP contribution in [-0.2, 0) is 13.0 Å². The third kappa shape index (κ3) is 4.11. The second-order valence-electron chi connectivity index (χ2n) is 8.54. The van der Waals surface area contributed by atoms with Gasteiger partial charge in [-0.25, -0.2) is 4.79 Å². The van der Waals surface area contributed by atoms with E-state index >= 15 is 0 Å². The van der Waals surface area contributed by atoms with Gasteiger partial charge in [-0.1, -0.05) is 43.7 Å². The summed E-state index contributed by atoms with van der Waals surface area (Å²) in [6.45, 7) is 2.59. The number of aromatic amines is 1. The molecule has 170 valence electrons. The Kier molecular flexibility index (Phi) is 5.87. The Labute approximate surface area is 191 Å². The number of pyridine rings is 1. The molecule has 2 unspecified atom stereocenters. The zero-order chi connectivity index (χ0) is 22.8. The monoisotopic (exact) mass is 445 g/mol. The Balaban J connectivity index is 1.43. The maximum Gasteiger partial charge on any atom is 0.329 e. The lowest BCUT2D eigenvalue weighted by molar-refractivity contribution is 0.0297. The van der Waals surface area contributed by atoms with Gasteiger partial charge in [-0.2, -0.15) is 5.21 Å². The summed E-state index contributed by atoms with van der Waals surface area (Å²) in [7, 11) is 0. The van der Waals surface area contributed by atoms with Crippen molar-refractivity contribution in [2.75, 3.05) is 0 Å². The van der Waals surface area contributed by atoms with Crippen LogP contribution in [0.25, 0.3) is 22.6 Å². The zero-order valence-electron chi connectivity index (χ0n) is 18.6. The van der Waals surface area contributed by atoms with Crippen LogP contribution in [0.2, 0.25) is 0 Å².